The average Bonchev–Trinajstić information content (AvgIpc) is 2.38. The lowest BCUT2D eigenvalue weighted by Gasteiger charge is -2.09. The van der Waals surface area contributed by atoms with Gasteiger partial charge in [0, 0.05) is 10.2 Å². The zero-order chi connectivity index (χ0) is 14.8. The maximum absolute atomic E-state index is 12.2. The van der Waals surface area contributed by atoms with Gasteiger partial charge in [0.05, 0.1) is 16.7 Å². The maximum atomic E-state index is 12.2. The molecule has 0 atom stereocenters. The number of nitriles is 1. The van der Waals surface area contributed by atoms with E-state index in [0.717, 1.165) is 0 Å². The van der Waals surface area contributed by atoms with Crippen LogP contribution in [0.1, 0.15) is 5.56 Å². The average molecular weight is 372 g/mol. The lowest BCUT2D eigenvalue weighted by molar-refractivity contribution is 0.601. The number of anilines is 1. The van der Waals surface area contributed by atoms with Crippen LogP contribution in [0, 0.1) is 11.3 Å². The van der Waals surface area contributed by atoms with Gasteiger partial charge in [0.25, 0.3) is 10.0 Å². The van der Waals surface area contributed by atoms with E-state index in [4.69, 9.17) is 16.9 Å². The van der Waals surface area contributed by atoms with Gasteiger partial charge in [-0.3, -0.25) is 4.72 Å². The molecule has 0 aliphatic carbocycles. The zero-order valence-electron chi connectivity index (χ0n) is 9.97. The van der Waals surface area contributed by atoms with Gasteiger partial charge in [0.1, 0.15) is 4.90 Å². The smallest absolute Gasteiger partial charge is 0.263 e. The second kappa shape index (κ2) is 5.83. The molecule has 0 bridgehead atoms. The highest BCUT2D eigenvalue weighted by Crippen LogP contribution is 2.26. The number of halogens is 2. The zero-order valence-corrected chi connectivity index (χ0v) is 13.1. The highest BCUT2D eigenvalue weighted by molar-refractivity contribution is 9.10. The molecule has 0 heterocycles. The molecular formula is C13H8BrClN2O2S. The molecule has 0 unspecified atom stereocenters. The van der Waals surface area contributed by atoms with E-state index in [1.807, 2.05) is 6.07 Å². The molecule has 2 aromatic rings. The van der Waals surface area contributed by atoms with Crippen LogP contribution < -0.4 is 4.72 Å². The highest BCUT2D eigenvalue weighted by atomic mass is 79.9. The molecular weight excluding hydrogens is 364 g/mol. The Morgan fingerprint density at radius 1 is 1.15 bits per heavy atom. The summed E-state index contributed by atoms with van der Waals surface area (Å²) in [6, 6.07) is 12.6. The Morgan fingerprint density at radius 3 is 2.35 bits per heavy atom. The molecule has 102 valence electrons. The molecule has 0 radical (unpaired) electrons. The van der Waals surface area contributed by atoms with Gasteiger partial charge in [-0.15, -0.1) is 0 Å². The molecule has 20 heavy (non-hydrogen) atoms. The number of hydrogen-bond acceptors (Lipinski definition) is 3. The van der Waals surface area contributed by atoms with Crippen molar-refractivity contribution in [3.8, 4) is 6.07 Å². The lowest BCUT2D eigenvalue weighted by Crippen LogP contribution is -2.13. The Bertz CT molecular complexity index is 783. The fourth-order valence-corrected chi connectivity index (χ4v) is 3.61. The Hall–Kier alpha value is -1.55. The highest BCUT2D eigenvalue weighted by Gasteiger charge is 2.18. The summed E-state index contributed by atoms with van der Waals surface area (Å²) in [6.07, 6.45) is 0. The van der Waals surface area contributed by atoms with Crippen LogP contribution in [0.4, 0.5) is 5.69 Å². The van der Waals surface area contributed by atoms with Crippen molar-refractivity contribution >= 4 is 43.2 Å². The SMILES string of the molecule is N#Cc1ccc(NS(=O)(=O)c2ccc(Br)cc2Cl)cc1. The second-order valence-corrected chi connectivity index (χ2v) is 6.84. The van der Waals surface area contributed by atoms with E-state index in [2.05, 4.69) is 20.7 Å². The molecule has 0 spiro atoms. The van der Waals surface area contributed by atoms with Gasteiger partial charge >= 0.3 is 0 Å². The van der Waals surface area contributed by atoms with Gasteiger partial charge in [0.15, 0.2) is 0 Å². The van der Waals surface area contributed by atoms with E-state index in [1.165, 1.54) is 36.4 Å². The van der Waals surface area contributed by atoms with Crippen LogP contribution >= 0.6 is 27.5 Å². The second-order valence-electron chi connectivity index (χ2n) is 3.87. The molecule has 7 heteroatoms. The monoisotopic (exact) mass is 370 g/mol. The lowest BCUT2D eigenvalue weighted by atomic mass is 10.2. The predicted octanol–water partition coefficient (Wildman–Crippen LogP) is 3.77. The van der Waals surface area contributed by atoms with Gasteiger partial charge in [-0.05, 0) is 42.5 Å². The van der Waals surface area contributed by atoms with Crippen LogP contribution in [0.25, 0.3) is 0 Å². The summed E-state index contributed by atoms with van der Waals surface area (Å²) in [4.78, 5) is -0.00766. The molecule has 0 fully saturated rings. The minimum Gasteiger partial charge on any atom is -0.280 e. The van der Waals surface area contributed by atoms with Crippen LogP contribution in [0.5, 0.6) is 0 Å². The molecule has 0 amide bonds. The van der Waals surface area contributed by atoms with Gasteiger partial charge < -0.3 is 0 Å². The van der Waals surface area contributed by atoms with Gasteiger partial charge in [-0.25, -0.2) is 8.42 Å². The van der Waals surface area contributed by atoms with Crippen molar-refractivity contribution in [1.82, 2.24) is 0 Å². The fourth-order valence-electron chi connectivity index (χ4n) is 1.52. The summed E-state index contributed by atoms with van der Waals surface area (Å²) in [6.45, 7) is 0. The van der Waals surface area contributed by atoms with Crippen LogP contribution in [0.15, 0.2) is 51.8 Å². The third-order valence-electron chi connectivity index (χ3n) is 2.45. The minimum absolute atomic E-state index is 0.00766. The topological polar surface area (TPSA) is 70.0 Å². The van der Waals surface area contributed by atoms with Gasteiger partial charge in [0.2, 0.25) is 0 Å². The van der Waals surface area contributed by atoms with Crippen molar-refractivity contribution in [3.63, 3.8) is 0 Å². The normalized spacial score (nSPS) is 10.8. The van der Waals surface area contributed by atoms with Crippen molar-refractivity contribution in [2.24, 2.45) is 0 Å². The van der Waals surface area contributed by atoms with E-state index in [0.29, 0.717) is 15.7 Å². The number of nitrogens with zero attached hydrogens (tertiary/aromatic N) is 1. The molecule has 1 N–H and O–H groups in total. The quantitative estimate of drug-likeness (QED) is 0.892. The van der Waals surface area contributed by atoms with Crippen LogP contribution in [0.2, 0.25) is 5.02 Å². The Kier molecular flexibility index (Phi) is 4.33. The largest absolute Gasteiger partial charge is 0.280 e. The molecule has 2 rings (SSSR count). The first-order chi connectivity index (χ1) is 9.42. The van der Waals surface area contributed by atoms with E-state index in [1.54, 1.807) is 6.07 Å². The number of rotatable bonds is 3. The predicted molar refractivity (Wildman–Crippen MR) is 81.1 cm³/mol. The number of hydrogen-bond donors (Lipinski definition) is 1. The summed E-state index contributed by atoms with van der Waals surface area (Å²) in [5.74, 6) is 0. The Labute approximate surface area is 130 Å². The molecule has 0 aromatic heterocycles. The van der Waals surface area contributed by atoms with Crippen LogP contribution in [0.3, 0.4) is 0 Å². The van der Waals surface area contributed by atoms with Crippen molar-refractivity contribution in [1.29, 1.82) is 5.26 Å². The summed E-state index contributed by atoms with van der Waals surface area (Å²) in [7, 11) is -3.77. The number of sulfonamides is 1. The number of nitrogens with one attached hydrogen (secondary N) is 1. The molecule has 4 nitrogen and oxygen atoms in total. The van der Waals surface area contributed by atoms with Crippen molar-refractivity contribution in [2.45, 2.75) is 4.90 Å². The standard InChI is InChI=1S/C13H8BrClN2O2S/c14-10-3-6-13(12(15)7-10)20(18,19)17-11-4-1-9(8-16)2-5-11/h1-7,17H. The maximum Gasteiger partial charge on any atom is 0.263 e. The summed E-state index contributed by atoms with van der Waals surface area (Å²) >= 11 is 9.15. The molecule has 2 aromatic carbocycles. The third-order valence-corrected chi connectivity index (χ3v) is 4.81. The third kappa shape index (κ3) is 3.31. The van der Waals surface area contributed by atoms with E-state index < -0.39 is 10.0 Å². The van der Waals surface area contributed by atoms with Crippen molar-refractivity contribution < 1.29 is 8.42 Å². The minimum atomic E-state index is -3.77. The summed E-state index contributed by atoms with van der Waals surface area (Å²) in [5.41, 5.74) is 0.817. The van der Waals surface area contributed by atoms with Crippen molar-refractivity contribution in [3.05, 3.63) is 57.5 Å². The van der Waals surface area contributed by atoms with Gasteiger partial charge in [-0.2, -0.15) is 5.26 Å². The Balaban J connectivity index is 2.33. The first-order valence-corrected chi connectivity index (χ1v) is 8.06. The van der Waals surface area contributed by atoms with Crippen molar-refractivity contribution in [2.75, 3.05) is 4.72 Å². The molecule has 0 aliphatic rings. The van der Waals surface area contributed by atoms with Crippen LogP contribution in [-0.4, -0.2) is 8.42 Å². The van der Waals surface area contributed by atoms with E-state index in [9.17, 15) is 8.42 Å². The number of benzene rings is 2. The fraction of sp³-hybridized carbons (Fsp3) is 0. The summed E-state index contributed by atoms with van der Waals surface area (Å²) < 4.78 is 27.5. The van der Waals surface area contributed by atoms with E-state index in [-0.39, 0.29) is 9.92 Å². The van der Waals surface area contributed by atoms with Gasteiger partial charge in [-0.1, -0.05) is 27.5 Å². The first kappa shape index (κ1) is 14.9. The van der Waals surface area contributed by atoms with E-state index >= 15 is 0 Å². The first-order valence-electron chi connectivity index (χ1n) is 5.40. The Morgan fingerprint density at radius 2 is 1.80 bits per heavy atom. The summed E-state index contributed by atoms with van der Waals surface area (Å²) in [5, 5.41) is 8.82. The molecule has 0 aliphatic heterocycles. The van der Waals surface area contributed by atoms with Crippen LogP contribution in [-0.2, 0) is 10.0 Å². The molecule has 0 saturated carbocycles. The molecule has 0 saturated heterocycles.